The Labute approximate surface area is 206 Å². The lowest BCUT2D eigenvalue weighted by atomic mass is 10.0. The third kappa shape index (κ3) is 5.03. The van der Waals surface area contributed by atoms with Crippen LogP contribution in [0.1, 0.15) is 57.2 Å². The van der Waals surface area contributed by atoms with Crippen LogP contribution in [0, 0.1) is 18.3 Å². The average Bonchev–Trinajstić information content (AvgIpc) is 3.08. The number of carbonyl (C=O) groups is 1. The molecule has 0 N–H and O–H groups in total. The number of pyridine rings is 1. The van der Waals surface area contributed by atoms with E-state index in [1.807, 2.05) is 26.8 Å². The molecule has 2 saturated heterocycles. The molecular weight excluding hydrogens is 454 g/mol. The van der Waals surface area contributed by atoms with Crippen LogP contribution in [0.15, 0.2) is 9.70 Å². The van der Waals surface area contributed by atoms with Crippen LogP contribution in [-0.4, -0.2) is 63.4 Å². The van der Waals surface area contributed by atoms with Crippen molar-refractivity contribution in [3.63, 3.8) is 0 Å². The summed E-state index contributed by atoms with van der Waals surface area (Å²) in [6.45, 7) is 14.9. The summed E-state index contributed by atoms with van der Waals surface area (Å²) >= 11 is 6.75. The minimum absolute atomic E-state index is 0.0285. The molecular formula is C24H33N5O2S2. The van der Waals surface area contributed by atoms with E-state index in [9.17, 15) is 14.9 Å². The molecule has 2 aliphatic heterocycles. The van der Waals surface area contributed by atoms with Crippen molar-refractivity contribution in [1.82, 2.24) is 14.4 Å². The van der Waals surface area contributed by atoms with Gasteiger partial charge in [0.1, 0.15) is 21.8 Å². The summed E-state index contributed by atoms with van der Waals surface area (Å²) in [6, 6.07) is 2.09. The minimum atomic E-state index is -0.247. The fourth-order valence-electron chi connectivity index (χ4n) is 4.34. The zero-order valence-electron chi connectivity index (χ0n) is 20.2. The maximum absolute atomic E-state index is 13.3. The lowest BCUT2D eigenvalue weighted by Crippen LogP contribution is -2.48. The second-order valence-corrected chi connectivity index (χ2v) is 10.4. The number of piperazine rings is 1. The zero-order valence-corrected chi connectivity index (χ0v) is 21.8. The Kier molecular flexibility index (Phi) is 8.38. The number of nitriles is 1. The summed E-state index contributed by atoms with van der Waals surface area (Å²) in [5.41, 5.74) is 1.30. The molecule has 3 heterocycles. The summed E-state index contributed by atoms with van der Waals surface area (Å²) in [7, 11) is 0. The molecule has 1 aromatic rings. The highest BCUT2D eigenvalue weighted by Gasteiger charge is 2.35. The summed E-state index contributed by atoms with van der Waals surface area (Å²) in [6.07, 6.45) is 3.62. The van der Waals surface area contributed by atoms with Crippen LogP contribution in [0.3, 0.4) is 0 Å². The fraction of sp³-hybridized carbons (Fsp3) is 0.583. The second-order valence-electron chi connectivity index (χ2n) is 8.73. The van der Waals surface area contributed by atoms with Gasteiger partial charge in [0, 0.05) is 44.3 Å². The first-order chi connectivity index (χ1) is 15.7. The number of likely N-dealkylation sites (N-methyl/N-ethyl adjacent to an activating group) is 1. The van der Waals surface area contributed by atoms with Crippen LogP contribution >= 0.6 is 24.0 Å². The maximum atomic E-state index is 13.3. The van der Waals surface area contributed by atoms with Crippen LogP contribution < -0.4 is 10.5 Å². The van der Waals surface area contributed by atoms with Gasteiger partial charge >= 0.3 is 0 Å². The number of thioether (sulfide) groups is 1. The predicted octanol–water partition coefficient (Wildman–Crippen LogP) is 3.58. The lowest BCUT2D eigenvalue weighted by molar-refractivity contribution is -0.123. The summed E-state index contributed by atoms with van der Waals surface area (Å²) < 4.78 is 2.29. The summed E-state index contributed by atoms with van der Waals surface area (Å²) in [5.74, 6) is 0.696. The van der Waals surface area contributed by atoms with Gasteiger partial charge in [-0.3, -0.25) is 19.1 Å². The molecule has 1 aromatic heterocycles. The molecule has 9 heteroatoms. The largest absolute Gasteiger partial charge is 0.355 e. The molecule has 7 nitrogen and oxygen atoms in total. The quantitative estimate of drug-likeness (QED) is 0.430. The van der Waals surface area contributed by atoms with Crippen molar-refractivity contribution in [2.75, 3.05) is 37.6 Å². The van der Waals surface area contributed by atoms with Crippen molar-refractivity contribution in [2.24, 2.45) is 0 Å². The molecule has 3 rings (SSSR count). The van der Waals surface area contributed by atoms with Crippen molar-refractivity contribution in [1.29, 1.82) is 5.26 Å². The SMILES string of the molecule is CCCCn1c(N2CCN(CC)CC2)c(C=C2SC(=S)N(C(C)C)C2=O)c(C)c(C#N)c1=O. The van der Waals surface area contributed by atoms with Crippen LogP contribution in [0.25, 0.3) is 6.08 Å². The summed E-state index contributed by atoms with van der Waals surface area (Å²) in [4.78, 5) is 33.2. The van der Waals surface area contributed by atoms with Gasteiger partial charge in [-0.25, -0.2) is 0 Å². The van der Waals surface area contributed by atoms with E-state index in [0.29, 0.717) is 21.3 Å². The average molecular weight is 488 g/mol. The molecule has 0 atom stereocenters. The number of aromatic nitrogens is 1. The Balaban J connectivity index is 2.21. The molecule has 33 heavy (non-hydrogen) atoms. The fourth-order valence-corrected chi connectivity index (χ4v) is 5.85. The Bertz CT molecular complexity index is 1060. The smallest absolute Gasteiger partial charge is 0.270 e. The Morgan fingerprint density at radius 1 is 1.18 bits per heavy atom. The first kappa shape index (κ1) is 25.5. The van der Waals surface area contributed by atoms with E-state index in [4.69, 9.17) is 12.2 Å². The van der Waals surface area contributed by atoms with Gasteiger partial charge in [0.2, 0.25) is 0 Å². The first-order valence-electron chi connectivity index (χ1n) is 11.7. The lowest BCUT2D eigenvalue weighted by Gasteiger charge is -2.37. The molecule has 0 unspecified atom stereocenters. The Morgan fingerprint density at radius 3 is 2.36 bits per heavy atom. The number of hydrogen-bond donors (Lipinski definition) is 0. The molecule has 0 aliphatic carbocycles. The van der Waals surface area contributed by atoms with E-state index in [1.165, 1.54) is 11.8 Å². The van der Waals surface area contributed by atoms with Crippen molar-refractivity contribution >= 4 is 46.1 Å². The van der Waals surface area contributed by atoms with Gasteiger partial charge in [-0.1, -0.05) is 44.2 Å². The molecule has 178 valence electrons. The van der Waals surface area contributed by atoms with Crippen LogP contribution in [0.2, 0.25) is 0 Å². The van der Waals surface area contributed by atoms with E-state index < -0.39 is 0 Å². The third-order valence-corrected chi connectivity index (χ3v) is 7.65. The van der Waals surface area contributed by atoms with Crippen LogP contribution in [0.5, 0.6) is 0 Å². The number of anilines is 1. The van der Waals surface area contributed by atoms with Gasteiger partial charge in [-0.05, 0) is 45.4 Å². The monoisotopic (exact) mass is 487 g/mol. The van der Waals surface area contributed by atoms with E-state index in [0.717, 1.165) is 56.9 Å². The van der Waals surface area contributed by atoms with Gasteiger partial charge in [0.15, 0.2) is 0 Å². The number of hydrogen-bond acceptors (Lipinski definition) is 7. The van der Waals surface area contributed by atoms with E-state index >= 15 is 0 Å². The van der Waals surface area contributed by atoms with Crippen molar-refractivity contribution in [3.8, 4) is 6.07 Å². The van der Waals surface area contributed by atoms with Crippen LogP contribution in [-0.2, 0) is 11.3 Å². The third-order valence-electron chi connectivity index (χ3n) is 6.32. The minimum Gasteiger partial charge on any atom is -0.355 e. The molecule has 0 bridgehead atoms. The van der Waals surface area contributed by atoms with Gasteiger partial charge < -0.3 is 9.80 Å². The van der Waals surface area contributed by atoms with Gasteiger partial charge in [-0.15, -0.1) is 0 Å². The number of nitrogens with zero attached hydrogens (tertiary/aromatic N) is 5. The number of carbonyl (C=O) groups excluding carboxylic acids is 1. The number of thiocarbonyl (C=S) groups is 1. The van der Waals surface area contributed by atoms with E-state index in [-0.39, 0.29) is 23.1 Å². The summed E-state index contributed by atoms with van der Waals surface area (Å²) in [5, 5.41) is 9.81. The second kappa shape index (κ2) is 10.9. The van der Waals surface area contributed by atoms with Crippen LogP contribution in [0.4, 0.5) is 5.82 Å². The highest BCUT2D eigenvalue weighted by atomic mass is 32.2. The van der Waals surface area contributed by atoms with Crippen molar-refractivity contribution in [3.05, 3.63) is 31.9 Å². The highest BCUT2D eigenvalue weighted by molar-refractivity contribution is 8.26. The molecule has 2 aliphatic rings. The van der Waals surface area contributed by atoms with Gasteiger partial charge in [0.25, 0.3) is 11.5 Å². The maximum Gasteiger partial charge on any atom is 0.270 e. The van der Waals surface area contributed by atoms with E-state index in [2.05, 4.69) is 29.7 Å². The zero-order chi connectivity index (χ0) is 24.3. The first-order valence-corrected chi connectivity index (χ1v) is 12.9. The molecule has 0 saturated carbocycles. The number of amides is 1. The molecule has 0 spiro atoms. The highest BCUT2D eigenvalue weighted by Crippen LogP contribution is 2.37. The van der Waals surface area contributed by atoms with Gasteiger partial charge in [-0.2, -0.15) is 5.26 Å². The van der Waals surface area contributed by atoms with Gasteiger partial charge in [0.05, 0.1) is 4.91 Å². The van der Waals surface area contributed by atoms with Crippen molar-refractivity contribution < 1.29 is 4.79 Å². The molecule has 0 aromatic carbocycles. The molecule has 1 amide bonds. The topological polar surface area (TPSA) is 72.6 Å². The Morgan fingerprint density at radius 2 is 1.85 bits per heavy atom. The van der Waals surface area contributed by atoms with E-state index in [1.54, 1.807) is 9.47 Å². The molecule has 0 radical (unpaired) electrons. The Hall–Kier alpha value is -2.15. The standard InChI is InChI=1S/C24H33N5O2S2/c1-6-8-9-28-21(27-12-10-26(7-2)11-13-27)18(17(5)19(15-25)22(28)30)14-20-23(31)29(16(3)4)24(32)33-20/h14,16H,6-13H2,1-5H3. The molecule has 2 fully saturated rings. The predicted molar refractivity (Wildman–Crippen MR) is 140 cm³/mol. The van der Waals surface area contributed by atoms with Crippen molar-refractivity contribution in [2.45, 2.75) is 60.0 Å². The number of rotatable bonds is 7. The normalized spacial score (nSPS) is 18.6. The number of unbranched alkanes of at least 4 members (excludes halogenated alkanes) is 1.